The van der Waals surface area contributed by atoms with E-state index in [4.69, 9.17) is 0 Å². The average Bonchev–Trinajstić information content (AvgIpc) is 2.41. The zero-order chi connectivity index (χ0) is 12.7. The molecule has 3 rings (SSSR count). The summed E-state index contributed by atoms with van der Waals surface area (Å²) in [6.07, 6.45) is 3.32. The number of allylic oxidation sites excluding steroid dienone is 2. The van der Waals surface area contributed by atoms with Crippen molar-refractivity contribution in [1.29, 1.82) is 0 Å². The lowest BCUT2D eigenvalue weighted by Crippen LogP contribution is -2.11. The minimum atomic E-state index is -0.178. The van der Waals surface area contributed by atoms with Crippen molar-refractivity contribution in [3.05, 3.63) is 59.2 Å². The molecule has 0 aliphatic heterocycles. The summed E-state index contributed by atoms with van der Waals surface area (Å²) in [4.78, 5) is 34.1. The van der Waals surface area contributed by atoms with Gasteiger partial charge in [-0.05, 0) is 41.1 Å². The minimum Gasteiger partial charge on any atom is -0.298 e. The molecule has 0 radical (unpaired) electrons. The summed E-state index contributed by atoms with van der Waals surface area (Å²) in [6, 6.07) is 8.53. The van der Waals surface area contributed by atoms with E-state index < -0.39 is 0 Å². The van der Waals surface area contributed by atoms with E-state index >= 15 is 0 Å². The standard InChI is InChI=1S/C15H8O3/c16-8-9-1-2-10-6-12-13(7-11(10)5-9)15(18)4-3-14(12)17/h1-8H. The van der Waals surface area contributed by atoms with Crippen LogP contribution in [0.2, 0.25) is 0 Å². The SMILES string of the molecule is O=Cc1ccc2cc3c(cc2c1)C(=O)C=CC3=O. The lowest BCUT2D eigenvalue weighted by molar-refractivity contribution is 0.0994. The van der Waals surface area contributed by atoms with Crippen LogP contribution in [0.15, 0.2) is 42.5 Å². The second-order valence-corrected chi connectivity index (χ2v) is 4.18. The van der Waals surface area contributed by atoms with Crippen LogP contribution in [0, 0.1) is 0 Å². The quantitative estimate of drug-likeness (QED) is 0.715. The van der Waals surface area contributed by atoms with Crippen molar-refractivity contribution >= 4 is 28.6 Å². The average molecular weight is 236 g/mol. The fourth-order valence-corrected chi connectivity index (χ4v) is 2.13. The number of fused-ring (bicyclic) bond motifs is 2. The normalized spacial score (nSPS) is 13.8. The Balaban J connectivity index is 2.34. The van der Waals surface area contributed by atoms with E-state index in [0.29, 0.717) is 16.7 Å². The summed E-state index contributed by atoms with van der Waals surface area (Å²) < 4.78 is 0. The van der Waals surface area contributed by atoms with Gasteiger partial charge in [-0.15, -0.1) is 0 Å². The number of carbonyl (C=O) groups is 3. The Morgan fingerprint density at radius 3 is 2.00 bits per heavy atom. The summed E-state index contributed by atoms with van der Waals surface area (Å²) in [6.45, 7) is 0. The molecule has 3 heteroatoms. The van der Waals surface area contributed by atoms with E-state index in [1.165, 1.54) is 12.2 Å². The smallest absolute Gasteiger partial charge is 0.186 e. The molecule has 2 aromatic rings. The predicted octanol–water partition coefficient (Wildman–Crippen LogP) is 2.59. The van der Waals surface area contributed by atoms with Gasteiger partial charge >= 0.3 is 0 Å². The van der Waals surface area contributed by atoms with Crippen LogP contribution in [0.3, 0.4) is 0 Å². The highest BCUT2D eigenvalue weighted by Crippen LogP contribution is 2.24. The predicted molar refractivity (Wildman–Crippen MR) is 67.1 cm³/mol. The molecule has 86 valence electrons. The molecule has 0 saturated heterocycles. The molecule has 0 atom stereocenters. The first-order valence-corrected chi connectivity index (χ1v) is 5.49. The zero-order valence-electron chi connectivity index (χ0n) is 9.34. The molecule has 1 aliphatic carbocycles. The first-order valence-electron chi connectivity index (χ1n) is 5.49. The lowest BCUT2D eigenvalue weighted by atomic mass is 9.91. The minimum absolute atomic E-state index is 0.161. The van der Waals surface area contributed by atoms with Crippen LogP contribution in [0.4, 0.5) is 0 Å². The van der Waals surface area contributed by atoms with Crippen molar-refractivity contribution in [2.75, 3.05) is 0 Å². The molecule has 0 unspecified atom stereocenters. The summed E-state index contributed by atoms with van der Waals surface area (Å²) in [5.41, 5.74) is 1.37. The van der Waals surface area contributed by atoms with Crippen molar-refractivity contribution in [2.45, 2.75) is 0 Å². The Hall–Kier alpha value is -2.55. The molecule has 0 amide bonds. The van der Waals surface area contributed by atoms with Crippen LogP contribution in [0.5, 0.6) is 0 Å². The van der Waals surface area contributed by atoms with E-state index in [1.807, 2.05) is 0 Å². The van der Waals surface area contributed by atoms with Crippen molar-refractivity contribution in [2.24, 2.45) is 0 Å². The molecular weight excluding hydrogens is 228 g/mol. The molecule has 0 spiro atoms. The summed E-state index contributed by atoms with van der Waals surface area (Å²) in [5.74, 6) is -0.339. The van der Waals surface area contributed by atoms with Crippen molar-refractivity contribution in [3.8, 4) is 0 Å². The van der Waals surface area contributed by atoms with E-state index in [1.54, 1.807) is 30.3 Å². The van der Waals surface area contributed by atoms with Gasteiger partial charge in [-0.25, -0.2) is 0 Å². The molecule has 0 fully saturated rings. The van der Waals surface area contributed by atoms with E-state index in [2.05, 4.69) is 0 Å². The highest BCUT2D eigenvalue weighted by atomic mass is 16.1. The van der Waals surface area contributed by atoms with Crippen LogP contribution >= 0.6 is 0 Å². The van der Waals surface area contributed by atoms with Crippen LogP contribution < -0.4 is 0 Å². The van der Waals surface area contributed by atoms with Crippen LogP contribution in [-0.4, -0.2) is 17.9 Å². The van der Waals surface area contributed by atoms with Gasteiger partial charge in [-0.1, -0.05) is 12.1 Å². The van der Waals surface area contributed by atoms with Crippen molar-refractivity contribution < 1.29 is 14.4 Å². The molecule has 3 nitrogen and oxygen atoms in total. The maximum Gasteiger partial charge on any atom is 0.186 e. The number of ketones is 2. The van der Waals surface area contributed by atoms with Gasteiger partial charge in [0, 0.05) is 16.7 Å². The molecule has 0 aromatic heterocycles. The molecule has 0 bridgehead atoms. The topological polar surface area (TPSA) is 51.2 Å². The Morgan fingerprint density at radius 1 is 0.778 bits per heavy atom. The molecule has 2 aromatic carbocycles. The third-order valence-electron chi connectivity index (χ3n) is 3.05. The third kappa shape index (κ3) is 1.49. The second-order valence-electron chi connectivity index (χ2n) is 4.18. The highest BCUT2D eigenvalue weighted by molar-refractivity contribution is 6.23. The summed E-state index contributed by atoms with van der Waals surface area (Å²) in [5, 5.41) is 1.63. The number of rotatable bonds is 1. The van der Waals surface area contributed by atoms with Gasteiger partial charge in [0.2, 0.25) is 0 Å². The fourth-order valence-electron chi connectivity index (χ4n) is 2.13. The Labute approximate surface area is 103 Å². The van der Waals surface area contributed by atoms with Gasteiger partial charge in [-0.2, -0.15) is 0 Å². The Kier molecular flexibility index (Phi) is 2.20. The number of hydrogen-bond donors (Lipinski definition) is 0. The molecule has 18 heavy (non-hydrogen) atoms. The highest BCUT2D eigenvalue weighted by Gasteiger charge is 2.19. The van der Waals surface area contributed by atoms with Crippen LogP contribution in [0.25, 0.3) is 10.8 Å². The molecule has 0 saturated carbocycles. The van der Waals surface area contributed by atoms with Crippen LogP contribution in [0.1, 0.15) is 31.1 Å². The number of hydrogen-bond acceptors (Lipinski definition) is 3. The number of aldehydes is 1. The van der Waals surface area contributed by atoms with Crippen molar-refractivity contribution in [3.63, 3.8) is 0 Å². The van der Waals surface area contributed by atoms with Crippen LogP contribution in [-0.2, 0) is 0 Å². The van der Waals surface area contributed by atoms with E-state index in [0.717, 1.165) is 17.1 Å². The fraction of sp³-hybridized carbons (Fsp3) is 0. The number of benzene rings is 2. The molecule has 1 aliphatic rings. The van der Waals surface area contributed by atoms with E-state index in [9.17, 15) is 14.4 Å². The Bertz CT molecular complexity index is 739. The number of carbonyl (C=O) groups excluding carboxylic acids is 3. The van der Waals surface area contributed by atoms with E-state index in [-0.39, 0.29) is 11.6 Å². The monoisotopic (exact) mass is 236 g/mol. The summed E-state index contributed by atoms with van der Waals surface area (Å²) in [7, 11) is 0. The van der Waals surface area contributed by atoms with Gasteiger partial charge in [-0.3, -0.25) is 14.4 Å². The summed E-state index contributed by atoms with van der Waals surface area (Å²) >= 11 is 0. The largest absolute Gasteiger partial charge is 0.298 e. The molecular formula is C15H8O3. The van der Waals surface area contributed by atoms with Gasteiger partial charge in [0.15, 0.2) is 11.6 Å². The van der Waals surface area contributed by atoms with Crippen molar-refractivity contribution in [1.82, 2.24) is 0 Å². The second kappa shape index (κ2) is 3.74. The first kappa shape index (κ1) is 10.6. The molecule has 0 N–H and O–H groups in total. The van der Waals surface area contributed by atoms with Gasteiger partial charge in [0.05, 0.1) is 0 Å². The molecule has 0 heterocycles. The van der Waals surface area contributed by atoms with Gasteiger partial charge in [0.25, 0.3) is 0 Å². The lowest BCUT2D eigenvalue weighted by Gasteiger charge is -2.10. The third-order valence-corrected chi connectivity index (χ3v) is 3.05. The first-order chi connectivity index (χ1) is 8.69. The van der Waals surface area contributed by atoms with Gasteiger partial charge in [0.1, 0.15) is 6.29 Å². The Morgan fingerprint density at radius 2 is 1.39 bits per heavy atom. The maximum atomic E-state index is 11.7. The maximum absolute atomic E-state index is 11.7. The zero-order valence-corrected chi connectivity index (χ0v) is 9.34. The van der Waals surface area contributed by atoms with Gasteiger partial charge < -0.3 is 0 Å².